The van der Waals surface area contributed by atoms with Crippen molar-refractivity contribution in [1.82, 2.24) is 9.78 Å². The molecule has 2 rings (SSSR count). The number of hydrogen-bond donors (Lipinski definition) is 1. The molecule has 0 amide bonds. The summed E-state index contributed by atoms with van der Waals surface area (Å²) < 4.78 is 7.97. The van der Waals surface area contributed by atoms with Gasteiger partial charge in [0.1, 0.15) is 4.88 Å². The summed E-state index contributed by atoms with van der Waals surface area (Å²) in [5, 5.41) is 4.79. The van der Waals surface area contributed by atoms with Gasteiger partial charge in [-0.25, -0.2) is 4.79 Å². The fourth-order valence-corrected chi connectivity index (χ4v) is 5.97. The van der Waals surface area contributed by atoms with Gasteiger partial charge in [0, 0.05) is 12.1 Å². The zero-order valence-corrected chi connectivity index (χ0v) is 24.2. The lowest BCUT2D eigenvalue weighted by atomic mass is 10.0. The lowest BCUT2D eigenvalue weighted by Crippen LogP contribution is -2.04. The molecule has 0 radical (unpaired) electrons. The van der Waals surface area contributed by atoms with Crippen LogP contribution in [0.4, 0.5) is 0 Å². The zero-order valence-electron chi connectivity index (χ0n) is 22.4. The molecule has 0 aliphatic carbocycles. The Morgan fingerprint density at radius 2 is 1.43 bits per heavy atom. The molecule has 0 spiro atoms. The van der Waals surface area contributed by atoms with E-state index in [2.05, 4.69) is 18.5 Å². The van der Waals surface area contributed by atoms with Gasteiger partial charge in [0.25, 0.3) is 0 Å². The number of aryl methyl sites for hydroxylation is 2. The first-order valence-corrected chi connectivity index (χ1v) is 15.3. The van der Waals surface area contributed by atoms with E-state index in [9.17, 15) is 4.79 Å². The van der Waals surface area contributed by atoms with Gasteiger partial charge < -0.3 is 4.74 Å². The topological polar surface area (TPSA) is 44.1 Å². The Labute approximate surface area is 223 Å². The highest BCUT2D eigenvalue weighted by Crippen LogP contribution is 2.37. The predicted octanol–water partition coefficient (Wildman–Crippen LogP) is 9.51. The summed E-state index contributed by atoms with van der Waals surface area (Å²) in [6.07, 6.45) is 24.0. The third kappa shape index (κ3) is 10.7. The van der Waals surface area contributed by atoms with Crippen molar-refractivity contribution in [3.8, 4) is 11.3 Å². The van der Waals surface area contributed by atoms with Gasteiger partial charge in [-0.2, -0.15) is 5.10 Å². The van der Waals surface area contributed by atoms with E-state index in [-0.39, 0.29) is 5.97 Å². The van der Waals surface area contributed by atoms with E-state index in [0.29, 0.717) is 4.88 Å². The largest absolute Gasteiger partial charge is 0.465 e. The van der Waals surface area contributed by atoms with Crippen LogP contribution in [0.5, 0.6) is 0 Å². The van der Waals surface area contributed by atoms with E-state index in [1.54, 1.807) is 0 Å². The lowest BCUT2D eigenvalue weighted by Gasteiger charge is -2.10. The van der Waals surface area contributed by atoms with Gasteiger partial charge in [-0.15, -0.1) is 24.0 Å². The van der Waals surface area contributed by atoms with Gasteiger partial charge in [0.05, 0.1) is 23.2 Å². The zero-order chi connectivity index (χ0) is 25.3. The Balaban J connectivity index is 1.98. The van der Waals surface area contributed by atoms with Crippen LogP contribution in [0.15, 0.2) is 16.5 Å². The molecule has 0 saturated carbocycles. The molecular weight excluding hydrogens is 472 g/mol. The van der Waals surface area contributed by atoms with Gasteiger partial charge in [0.2, 0.25) is 0 Å². The van der Waals surface area contributed by atoms with Gasteiger partial charge in [0.15, 0.2) is 0 Å². The number of methoxy groups -OCH3 is 1. The van der Waals surface area contributed by atoms with E-state index < -0.39 is 0 Å². The molecule has 198 valence electrons. The molecular formula is C29H48N2O2S2. The normalized spacial score (nSPS) is 11.3. The van der Waals surface area contributed by atoms with Gasteiger partial charge in [-0.1, -0.05) is 104 Å². The summed E-state index contributed by atoms with van der Waals surface area (Å²) in [6, 6.07) is 1.94. The van der Waals surface area contributed by atoms with Gasteiger partial charge in [-0.3, -0.25) is 4.68 Å². The number of hydrogen-bond acceptors (Lipinski definition) is 5. The number of thiophene rings is 1. The number of carbonyl (C=O) groups excluding carboxylic acids is 1. The third-order valence-electron chi connectivity index (χ3n) is 6.79. The second kappa shape index (κ2) is 18.0. The van der Waals surface area contributed by atoms with Crippen molar-refractivity contribution in [3.05, 3.63) is 22.7 Å². The molecule has 0 bridgehead atoms. The third-order valence-corrected chi connectivity index (χ3v) is 8.23. The molecule has 0 atom stereocenters. The molecule has 2 aromatic rings. The Hall–Kier alpha value is -1.27. The average molecular weight is 521 g/mol. The average Bonchev–Trinajstić information content (AvgIpc) is 3.44. The van der Waals surface area contributed by atoms with Crippen LogP contribution in [0.3, 0.4) is 0 Å². The number of aromatic nitrogens is 2. The van der Waals surface area contributed by atoms with Crippen molar-refractivity contribution in [1.29, 1.82) is 0 Å². The number of rotatable bonds is 20. The molecule has 2 heterocycles. The van der Waals surface area contributed by atoms with Crippen molar-refractivity contribution < 1.29 is 9.53 Å². The summed E-state index contributed by atoms with van der Waals surface area (Å²) in [5.74, 6) is -0.296. The van der Waals surface area contributed by atoms with Crippen LogP contribution in [0.2, 0.25) is 0 Å². The molecule has 0 aliphatic rings. The minimum atomic E-state index is -0.296. The van der Waals surface area contributed by atoms with E-state index in [0.717, 1.165) is 34.9 Å². The number of esters is 1. The van der Waals surface area contributed by atoms with Crippen LogP contribution in [0, 0.1) is 0 Å². The first kappa shape index (κ1) is 30.0. The number of thiol groups is 1. The van der Waals surface area contributed by atoms with Crippen molar-refractivity contribution in [3.63, 3.8) is 0 Å². The molecule has 0 fully saturated rings. The first-order chi connectivity index (χ1) is 17.1. The van der Waals surface area contributed by atoms with Crippen molar-refractivity contribution in [2.24, 2.45) is 0 Å². The highest BCUT2D eigenvalue weighted by atomic mass is 32.2. The summed E-state index contributed by atoms with van der Waals surface area (Å²) in [7, 11) is 1.43. The minimum Gasteiger partial charge on any atom is -0.465 e. The molecule has 4 nitrogen and oxygen atoms in total. The summed E-state index contributed by atoms with van der Waals surface area (Å²) in [5.41, 5.74) is 3.44. The maximum atomic E-state index is 12.1. The Kier molecular flexibility index (Phi) is 15.4. The van der Waals surface area contributed by atoms with Gasteiger partial charge in [-0.05, 0) is 30.9 Å². The number of nitrogens with zero attached hydrogens (tertiary/aromatic N) is 2. The predicted molar refractivity (Wildman–Crippen MR) is 153 cm³/mol. The maximum Gasteiger partial charge on any atom is 0.348 e. The van der Waals surface area contributed by atoms with Crippen LogP contribution in [-0.2, 0) is 17.7 Å². The van der Waals surface area contributed by atoms with E-state index in [1.807, 2.05) is 12.3 Å². The number of ether oxygens (including phenoxy) is 1. The molecule has 0 N–H and O–H groups in total. The number of unbranched alkanes of at least 4 members (excludes halogenated alkanes) is 14. The lowest BCUT2D eigenvalue weighted by molar-refractivity contribution is 0.0606. The van der Waals surface area contributed by atoms with Crippen LogP contribution < -0.4 is 0 Å². The molecule has 2 aromatic heterocycles. The first-order valence-electron chi connectivity index (χ1n) is 14.1. The highest BCUT2D eigenvalue weighted by molar-refractivity contribution is 7.83. The molecule has 35 heavy (non-hydrogen) atoms. The Morgan fingerprint density at radius 1 is 0.886 bits per heavy atom. The van der Waals surface area contributed by atoms with E-state index in [4.69, 9.17) is 22.5 Å². The summed E-state index contributed by atoms with van der Waals surface area (Å²) in [4.78, 5) is 12.7. The van der Waals surface area contributed by atoms with Crippen molar-refractivity contribution in [2.45, 2.75) is 134 Å². The smallest absolute Gasteiger partial charge is 0.348 e. The van der Waals surface area contributed by atoms with Crippen LogP contribution in [-0.4, -0.2) is 22.9 Å². The van der Waals surface area contributed by atoms with Crippen molar-refractivity contribution >= 4 is 29.9 Å². The maximum absolute atomic E-state index is 12.1. The Morgan fingerprint density at radius 3 is 2.00 bits per heavy atom. The summed E-state index contributed by atoms with van der Waals surface area (Å²) >= 11 is 6.13. The van der Waals surface area contributed by atoms with Crippen LogP contribution >= 0.6 is 24.0 Å². The SMILES string of the molecule is CCCCCCCCCCc1cnn(CCCCCCCCCC)c1-c1cc(C(=O)OC)sc1S. The monoisotopic (exact) mass is 520 g/mol. The highest BCUT2D eigenvalue weighted by Gasteiger charge is 2.20. The second-order valence-electron chi connectivity index (χ2n) is 9.76. The summed E-state index contributed by atoms with van der Waals surface area (Å²) in [6.45, 7) is 5.45. The van der Waals surface area contributed by atoms with Gasteiger partial charge >= 0.3 is 5.97 Å². The molecule has 6 heteroatoms. The van der Waals surface area contributed by atoms with Crippen LogP contribution in [0.25, 0.3) is 11.3 Å². The minimum absolute atomic E-state index is 0.296. The van der Waals surface area contributed by atoms with Crippen LogP contribution in [0.1, 0.15) is 132 Å². The molecule has 0 saturated heterocycles. The standard InChI is InChI=1S/C29H48N2O2S2/c1-4-6-8-10-12-14-16-18-20-24-23-30-31(21-19-17-15-13-11-9-7-5-2)27(24)25-22-26(28(32)33-3)35-29(25)34/h22-23,34H,4-21H2,1-3H3. The quantitative estimate of drug-likeness (QED) is 0.107. The number of carbonyl (C=O) groups is 1. The second-order valence-corrected chi connectivity index (χ2v) is 11.6. The fraction of sp³-hybridized carbons (Fsp3) is 0.724. The Bertz CT molecular complexity index is 806. The van der Waals surface area contributed by atoms with Crippen molar-refractivity contribution in [2.75, 3.05) is 7.11 Å². The molecule has 0 aliphatic heterocycles. The fourth-order valence-electron chi connectivity index (χ4n) is 4.69. The van der Waals surface area contributed by atoms with E-state index in [1.165, 1.54) is 120 Å². The van der Waals surface area contributed by atoms with E-state index >= 15 is 0 Å². The molecule has 0 aromatic carbocycles. The molecule has 0 unspecified atom stereocenters.